The second-order valence-corrected chi connectivity index (χ2v) is 3.67. The number of benzene rings is 1. The molecule has 0 amide bonds. The van der Waals surface area contributed by atoms with Gasteiger partial charge in [-0.2, -0.15) is 0 Å². The van der Waals surface area contributed by atoms with Crippen molar-refractivity contribution in [3.8, 4) is 11.5 Å². The second kappa shape index (κ2) is 6.49. The molecule has 94 valence electrons. The summed E-state index contributed by atoms with van der Waals surface area (Å²) in [6.45, 7) is 0.998. The molecular weight excluding hydrogens is 228 g/mol. The first kappa shape index (κ1) is 12.2. The van der Waals surface area contributed by atoms with Crippen LogP contribution in [0.1, 0.15) is 0 Å². The van der Waals surface area contributed by atoms with Crippen LogP contribution < -0.4 is 14.8 Å². The largest absolute Gasteiger partial charge is 0.490 e. The minimum absolute atomic E-state index is 0.490. The minimum Gasteiger partial charge on any atom is -0.490 e. The molecule has 1 heterocycles. The Morgan fingerprint density at radius 3 is 2.44 bits per heavy atom. The predicted octanol–water partition coefficient (Wildman–Crippen LogP) is 2.58. The number of para-hydroxylation sites is 1. The third-order valence-electron chi connectivity index (χ3n) is 2.37. The zero-order chi connectivity index (χ0) is 12.6. The maximum absolute atomic E-state index is 5.54. The normalized spacial score (nSPS) is 9.83. The van der Waals surface area contributed by atoms with Crippen LogP contribution in [0.2, 0.25) is 0 Å². The van der Waals surface area contributed by atoms with Crippen molar-refractivity contribution in [2.45, 2.75) is 0 Å². The maximum atomic E-state index is 5.54. The zero-order valence-electron chi connectivity index (χ0n) is 10.3. The van der Waals surface area contributed by atoms with Crippen LogP contribution in [0.15, 0.2) is 48.8 Å². The lowest BCUT2D eigenvalue weighted by Crippen LogP contribution is -2.09. The lowest BCUT2D eigenvalue weighted by molar-refractivity contribution is 0.217. The average Bonchev–Trinajstić information content (AvgIpc) is 2.45. The lowest BCUT2D eigenvalue weighted by atomic mass is 10.3. The van der Waals surface area contributed by atoms with Crippen molar-refractivity contribution in [3.63, 3.8) is 0 Å². The minimum atomic E-state index is 0.490. The number of ether oxygens (including phenoxy) is 2. The molecule has 0 saturated carbocycles. The van der Waals surface area contributed by atoms with Crippen molar-refractivity contribution in [2.24, 2.45) is 0 Å². The molecule has 0 aliphatic rings. The molecule has 0 aliphatic heterocycles. The first-order valence-electron chi connectivity index (χ1n) is 5.82. The van der Waals surface area contributed by atoms with Gasteiger partial charge < -0.3 is 14.8 Å². The third kappa shape index (κ3) is 3.66. The number of rotatable bonds is 6. The molecule has 0 radical (unpaired) electrons. The Balaban J connectivity index is 1.75. The Morgan fingerprint density at radius 1 is 1.00 bits per heavy atom. The Labute approximate surface area is 107 Å². The van der Waals surface area contributed by atoms with Crippen molar-refractivity contribution in [3.05, 3.63) is 48.8 Å². The van der Waals surface area contributed by atoms with E-state index in [-0.39, 0.29) is 0 Å². The summed E-state index contributed by atoms with van der Waals surface area (Å²) in [5, 5.41) is 3.01. The van der Waals surface area contributed by atoms with Gasteiger partial charge in [-0.25, -0.2) is 0 Å². The average molecular weight is 244 g/mol. The van der Waals surface area contributed by atoms with Crippen LogP contribution in [-0.2, 0) is 0 Å². The summed E-state index contributed by atoms with van der Waals surface area (Å²) in [6.07, 6.45) is 3.43. The lowest BCUT2D eigenvalue weighted by Gasteiger charge is -2.08. The van der Waals surface area contributed by atoms with Crippen LogP contribution in [0.5, 0.6) is 11.5 Å². The highest BCUT2D eigenvalue weighted by Gasteiger charge is 1.97. The molecular formula is C14H16N2O2. The molecule has 0 aliphatic carbocycles. The zero-order valence-corrected chi connectivity index (χ0v) is 10.3. The van der Waals surface area contributed by atoms with E-state index in [9.17, 15) is 0 Å². The molecule has 0 saturated heterocycles. The van der Waals surface area contributed by atoms with Gasteiger partial charge in [0, 0.05) is 13.1 Å². The fourth-order valence-electron chi connectivity index (χ4n) is 1.47. The number of aromatic nitrogens is 1. The quantitative estimate of drug-likeness (QED) is 0.793. The molecule has 2 aromatic rings. The highest BCUT2D eigenvalue weighted by atomic mass is 16.5. The number of nitrogens with zero attached hydrogens (tertiary/aromatic N) is 1. The smallest absolute Gasteiger partial charge is 0.139 e. The topological polar surface area (TPSA) is 43.4 Å². The third-order valence-corrected chi connectivity index (χ3v) is 2.37. The number of hydrogen-bond donors (Lipinski definition) is 1. The number of pyridine rings is 1. The van der Waals surface area contributed by atoms with Crippen molar-refractivity contribution >= 4 is 5.69 Å². The van der Waals surface area contributed by atoms with E-state index in [1.807, 2.05) is 43.4 Å². The van der Waals surface area contributed by atoms with Gasteiger partial charge in [0.25, 0.3) is 0 Å². The summed E-state index contributed by atoms with van der Waals surface area (Å²) in [5.41, 5.74) is 0.927. The molecule has 4 nitrogen and oxygen atoms in total. The van der Waals surface area contributed by atoms with E-state index < -0.39 is 0 Å². The van der Waals surface area contributed by atoms with Crippen LogP contribution >= 0.6 is 0 Å². The Morgan fingerprint density at radius 2 is 1.72 bits per heavy atom. The van der Waals surface area contributed by atoms with Crippen molar-refractivity contribution in [2.75, 3.05) is 25.6 Å². The van der Waals surface area contributed by atoms with E-state index in [0.717, 1.165) is 17.2 Å². The van der Waals surface area contributed by atoms with Gasteiger partial charge >= 0.3 is 0 Å². The van der Waals surface area contributed by atoms with Gasteiger partial charge in [0.15, 0.2) is 0 Å². The van der Waals surface area contributed by atoms with Crippen LogP contribution in [0.4, 0.5) is 5.69 Å². The number of nitrogens with one attached hydrogen (secondary N) is 1. The monoisotopic (exact) mass is 244 g/mol. The van der Waals surface area contributed by atoms with E-state index in [1.165, 1.54) is 0 Å². The highest BCUT2D eigenvalue weighted by Crippen LogP contribution is 2.14. The first-order valence-corrected chi connectivity index (χ1v) is 5.82. The van der Waals surface area contributed by atoms with Crippen molar-refractivity contribution in [1.82, 2.24) is 4.98 Å². The summed E-state index contributed by atoms with van der Waals surface area (Å²) in [6, 6.07) is 11.6. The molecule has 0 atom stereocenters. The van der Waals surface area contributed by atoms with Crippen molar-refractivity contribution in [1.29, 1.82) is 0 Å². The van der Waals surface area contributed by atoms with Gasteiger partial charge in [0.2, 0.25) is 0 Å². The maximum Gasteiger partial charge on any atom is 0.139 e. The van der Waals surface area contributed by atoms with Gasteiger partial charge in [-0.15, -0.1) is 0 Å². The van der Waals surface area contributed by atoms with Crippen molar-refractivity contribution < 1.29 is 9.47 Å². The highest BCUT2D eigenvalue weighted by molar-refractivity contribution is 5.44. The molecule has 0 spiro atoms. The number of anilines is 1. The molecule has 0 fully saturated rings. The Hall–Kier alpha value is -2.23. The molecule has 18 heavy (non-hydrogen) atoms. The van der Waals surface area contributed by atoms with E-state index in [2.05, 4.69) is 10.3 Å². The fourth-order valence-corrected chi connectivity index (χ4v) is 1.47. The molecule has 0 bridgehead atoms. The second-order valence-electron chi connectivity index (χ2n) is 3.67. The molecule has 1 aromatic heterocycles. The van der Waals surface area contributed by atoms with E-state index in [4.69, 9.17) is 9.47 Å². The van der Waals surface area contributed by atoms with Gasteiger partial charge in [-0.1, -0.05) is 18.2 Å². The fraction of sp³-hybridized carbons (Fsp3) is 0.214. The predicted molar refractivity (Wildman–Crippen MR) is 71.2 cm³/mol. The van der Waals surface area contributed by atoms with E-state index >= 15 is 0 Å². The summed E-state index contributed by atoms with van der Waals surface area (Å²) >= 11 is 0. The Kier molecular flexibility index (Phi) is 4.41. The first-order chi connectivity index (χ1) is 8.88. The molecule has 1 N–H and O–H groups in total. The van der Waals surface area contributed by atoms with Gasteiger partial charge in [0.05, 0.1) is 18.1 Å². The van der Waals surface area contributed by atoms with E-state index in [1.54, 1.807) is 12.4 Å². The molecule has 4 heteroatoms. The summed E-state index contributed by atoms with van der Waals surface area (Å²) in [4.78, 5) is 4.06. The summed E-state index contributed by atoms with van der Waals surface area (Å²) < 4.78 is 11.1. The van der Waals surface area contributed by atoms with Crippen LogP contribution in [0.3, 0.4) is 0 Å². The van der Waals surface area contributed by atoms with Crippen LogP contribution in [0.25, 0.3) is 0 Å². The van der Waals surface area contributed by atoms with E-state index in [0.29, 0.717) is 13.2 Å². The van der Waals surface area contributed by atoms with Gasteiger partial charge in [-0.3, -0.25) is 4.98 Å². The standard InChI is InChI=1S/C14H16N2O2/c1-15-12-9-14(11-16-10-12)18-8-7-17-13-5-3-2-4-6-13/h2-6,9-11,15H,7-8H2,1H3. The van der Waals surface area contributed by atoms with Crippen LogP contribution in [-0.4, -0.2) is 25.2 Å². The molecule has 0 unspecified atom stereocenters. The van der Waals surface area contributed by atoms with Gasteiger partial charge in [-0.05, 0) is 12.1 Å². The Bertz CT molecular complexity index is 474. The van der Waals surface area contributed by atoms with Crippen LogP contribution in [0, 0.1) is 0 Å². The SMILES string of the molecule is CNc1cncc(OCCOc2ccccc2)c1. The molecule has 2 rings (SSSR count). The molecule has 1 aromatic carbocycles. The van der Waals surface area contributed by atoms with Gasteiger partial charge in [0.1, 0.15) is 24.7 Å². The summed E-state index contributed by atoms with van der Waals surface area (Å²) in [7, 11) is 1.85. The summed E-state index contributed by atoms with van der Waals surface area (Å²) in [5.74, 6) is 1.58. The number of hydrogen-bond acceptors (Lipinski definition) is 4.